The molecule has 65 heavy (non-hydrogen) atoms. The van der Waals surface area contributed by atoms with Crippen LogP contribution >= 0.6 is 0 Å². The van der Waals surface area contributed by atoms with Crippen molar-refractivity contribution < 1.29 is 0 Å². The third-order valence-corrected chi connectivity index (χ3v) is 13.0. The molecule has 0 aliphatic heterocycles. The maximum absolute atomic E-state index is 5.50. The van der Waals surface area contributed by atoms with Crippen molar-refractivity contribution in [1.29, 1.82) is 0 Å². The average Bonchev–Trinajstić information content (AvgIpc) is 3.69. The van der Waals surface area contributed by atoms with Gasteiger partial charge in [0.2, 0.25) is 0 Å². The van der Waals surface area contributed by atoms with Crippen molar-refractivity contribution >= 4 is 64.9 Å². The van der Waals surface area contributed by atoms with E-state index >= 15 is 0 Å². The van der Waals surface area contributed by atoms with Crippen molar-refractivity contribution in [3.63, 3.8) is 0 Å². The Labute approximate surface area is 375 Å². The van der Waals surface area contributed by atoms with Gasteiger partial charge in [-0.25, -0.2) is 15.0 Å². The number of hydrogen-bond donors (Lipinski definition) is 0. The molecule has 0 saturated heterocycles. The molecule has 13 aromatic rings. The second kappa shape index (κ2) is 15.0. The topological polar surface area (TPSA) is 43.6 Å². The van der Waals surface area contributed by atoms with Gasteiger partial charge in [-0.1, -0.05) is 194 Å². The molecule has 0 unspecified atom stereocenters. The van der Waals surface area contributed by atoms with Gasteiger partial charge in [0.15, 0.2) is 17.5 Å². The summed E-state index contributed by atoms with van der Waals surface area (Å²) < 4.78 is 2.49. The predicted octanol–water partition coefficient (Wildman–Crippen LogP) is 15.9. The van der Waals surface area contributed by atoms with E-state index < -0.39 is 0 Å². The molecule has 0 fully saturated rings. The molecule has 0 radical (unpaired) electrons. The van der Waals surface area contributed by atoms with Crippen molar-refractivity contribution in [1.82, 2.24) is 19.5 Å². The van der Waals surface area contributed by atoms with Crippen LogP contribution in [0.15, 0.2) is 231 Å². The minimum Gasteiger partial charge on any atom is -0.308 e. The van der Waals surface area contributed by atoms with Gasteiger partial charge in [0, 0.05) is 38.4 Å². The quantitative estimate of drug-likeness (QED) is 0.168. The molecule has 0 aliphatic rings. The molecule has 4 nitrogen and oxygen atoms in total. The summed E-state index contributed by atoms with van der Waals surface area (Å²) >= 11 is 0. The summed E-state index contributed by atoms with van der Waals surface area (Å²) in [5.41, 5.74) is 10.7. The molecule has 0 aliphatic carbocycles. The number of rotatable bonds is 6. The fourth-order valence-electron chi connectivity index (χ4n) is 9.87. The van der Waals surface area contributed by atoms with Gasteiger partial charge >= 0.3 is 0 Å². The van der Waals surface area contributed by atoms with Gasteiger partial charge in [-0.3, -0.25) is 0 Å². The Bertz CT molecular complexity index is 4000. The van der Waals surface area contributed by atoms with Gasteiger partial charge in [0.1, 0.15) is 0 Å². The van der Waals surface area contributed by atoms with Crippen molar-refractivity contribution in [2.75, 3.05) is 0 Å². The number of benzene rings is 11. The van der Waals surface area contributed by atoms with E-state index in [0.29, 0.717) is 17.5 Å². The third-order valence-electron chi connectivity index (χ3n) is 13.0. The lowest BCUT2D eigenvalue weighted by molar-refractivity contribution is 1.08. The van der Waals surface area contributed by atoms with Crippen LogP contribution in [0.2, 0.25) is 0 Å². The second-order valence-electron chi connectivity index (χ2n) is 16.8. The Morgan fingerprint density at radius 2 is 0.831 bits per heavy atom. The molecule has 302 valence electrons. The minimum absolute atomic E-state index is 0.609. The first-order valence-corrected chi connectivity index (χ1v) is 22.1. The minimum atomic E-state index is 0.609. The van der Waals surface area contributed by atoms with Crippen molar-refractivity contribution in [3.8, 4) is 62.1 Å². The molecule has 0 saturated carbocycles. The van der Waals surface area contributed by atoms with Crippen LogP contribution in [0, 0.1) is 0 Å². The summed E-state index contributed by atoms with van der Waals surface area (Å²) in [6.45, 7) is 0. The van der Waals surface area contributed by atoms with Gasteiger partial charge in [-0.15, -0.1) is 0 Å². The standard InChI is InChI=1S/C61H38N4/c1-3-16-39(17-4-1)46-32-33-50-53(35-46)55(61-63-59(47-31-30-40-18-7-8-22-43(40)34-47)62-60(64-61)51-28-15-25-41-21-11-12-26-48(41)51)38-52(42-19-5-2-6-20-42)58(50)65-56-29-14-13-27-49(56)54-36-44-23-9-10-24-45(44)37-57(54)65/h1-38H. The summed E-state index contributed by atoms with van der Waals surface area (Å²) in [6, 6.07) is 82.5. The van der Waals surface area contributed by atoms with Gasteiger partial charge in [-0.05, 0) is 90.8 Å². The number of hydrogen-bond acceptors (Lipinski definition) is 3. The Hall–Kier alpha value is -8.73. The molecule has 0 atom stereocenters. The number of nitrogens with zero attached hydrogens (tertiary/aromatic N) is 4. The Balaban J connectivity index is 1.17. The lowest BCUT2D eigenvalue weighted by atomic mass is 9.91. The Kier molecular flexibility index (Phi) is 8.50. The zero-order chi connectivity index (χ0) is 42.8. The first-order chi connectivity index (χ1) is 32.2. The van der Waals surface area contributed by atoms with E-state index in [-0.39, 0.29) is 0 Å². The lowest BCUT2D eigenvalue weighted by Gasteiger charge is -2.21. The van der Waals surface area contributed by atoms with Gasteiger partial charge in [-0.2, -0.15) is 0 Å². The molecule has 2 heterocycles. The Morgan fingerprint density at radius 3 is 1.62 bits per heavy atom. The first-order valence-electron chi connectivity index (χ1n) is 22.1. The average molecular weight is 827 g/mol. The normalized spacial score (nSPS) is 11.7. The molecule has 11 aromatic carbocycles. The summed E-state index contributed by atoms with van der Waals surface area (Å²) in [7, 11) is 0. The molecule has 0 spiro atoms. The van der Waals surface area contributed by atoms with Gasteiger partial charge < -0.3 is 4.57 Å². The zero-order valence-electron chi connectivity index (χ0n) is 35.2. The fourth-order valence-corrected chi connectivity index (χ4v) is 9.87. The van der Waals surface area contributed by atoms with E-state index in [1.54, 1.807) is 0 Å². The van der Waals surface area contributed by atoms with Crippen LogP contribution < -0.4 is 0 Å². The van der Waals surface area contributed by atoms with E-state index in [1.165, 1.54) is 26.9 Å². The van der Waals surface area contributed by atoms with Gasteiger partial charge in [0.05, 0.1) is 16.7 Å². The maximum atomic E-state index is 5.50. The zero-order valence-corrected chi connectivity index (χ0v) is 35.2. The van der Waals surface area contributed by atoms with Crippen LogP contribution in [-0.2, 0) is 0 Å². The van der Waals surface area contributed by atoms with Crippen LogP contribution in [0.25, 0.3) is 127 Å². The predicted molar refractivity (Wildman–Crippen MR) is 271 cm³/mol. The lowest BCUT2D eigenvalue weighted by Crippen LogP contribution is -2.04. The fraction of sp³-hybridized carbons (Fsp3) is 0. The molecule has 0 bridgehead atoms. The highest BCUT2D eigenvalue weighted by atomic mass is 15.0. The van der Waals surface area contributed by atoms with Crippen LogP contribution in [0.5, 0.6) is 0 Å². The molecule has 13 rings (SSSR count). The van der Waals surface area contributed by atoms with Gasteiger partial charge in [0.25, 0.3) is 0 Å². The Morgan fingerprint density at radius 1 is 0.246 bits per heavy atom. The highest BCUT2D eigenvalue weighted by molar-refractivity contribution is 6.17. The highest BCUT2D eigenvalue weighted by Gasteiger charge is 2.24. The van der Waals surface area contributed by atoms with E-state index in [4.69, 9.17) is 15.0 Å². The SMILES string of the molecule is c1ccc(-c2ccc3c(-n4c5ccccc5c5cc6ccccc6cc54)c(-c4ccccc4)cc(-c4nc(-c5ccc6ccccc6c5)nc(-c5cccc6ccccc56)n4)c3c2)cc1. The summed E-state index contributed by atoms with van der Waals surface area (Å²) in [5, 5.41) is 11.5. The second-order valence-corrected chi connectivity index (χ2v) is 16.8. The smallest absolute Gasteiger partial charge is 0.164 e. The number of para-hydroxylation sites is 1. The molecule has 2 aromatic heterocycles. The van der Waals surface area contributed by atoms with Crippen molar-refractivity contribution in [2.24, 2.45) is 0 Å². The molecule has 0 N–H and O–H groups in total. The maximum Gasteiger partial charge on any atom is 0.164 e. The van der Waals surface area contributed by atoms with Crippen LogP contribution in [-0.4, -0.2) is 19.5 Å². The molecular formula is C61H38N4. The highest BCUT2D eigenvalue weighted by Crippen LogP contribution is 2.45. The van der Waals surface area contributed by atoms with Crippen LogP contribution in [0.4, 0.5) is 0 Å². The third kappa shape index (κ3) is 6.18. The van der Waals surface area contributed by atoms with E-state index in [2.05, 4.69) is 235 Å². The van der Waals surface area contributed by atoms with Crippen LogP contribution in [0.1, 0.15) is 0 Å². The number of fused-ring (bicyclic) bond motifs is 7. The van der Waals surface area contributed by atoms with E-state index in [0.717, 1.165) is 82.6 Å². The molecule has 0 amide bonds. The van der Waals surface area contributed by atoms with E-state index in [1.807, 2.05) is 0 Å². The summed E-state index contributed by atoms with van der Waals surface area (Å²) in [5.74, 6) is 1.86. The largest absolute Gasteiger partial charge is 0.308 e. The van der Waals surface area contributed by atoms with Crippen molar-refractivity contribution in [3.05, 3.63) is 231 Å². The summed E-state index contributed by atoms with van der Waals surface area (Å²) in [6.07, 6.45) is 0. The monoisotopic (exact) mass is 826 g/mol. The van der Waals surface area contributed by atoms with E-state index in [9.17, 15) is 0 Å². The van der Waals surface area contributed by atoms with Crippen molar-refractivity contribution in [2.45, 2.75) is 0 Å². The number of aromatic nitrogens is 4. The molecular weight excluding hydrogens is 789 g/mol. The molecule has 4 heteroatoms. The van der Waals surface area contributed by atoms with Crippen LogP contribution in [0.3, 0.4) is 0 Å². The first kappa shape index (κ1) is 36.9. The summed E-state index contributed by atoms with van der Waals surface area (Å²) in [4.78, 5) is 16.3.